The number of carbonyl (C=O) groups is 2. The second-order valence-corrected chi connectivity index (χ2v) is 6.75. The molecule has 0 spiro atoms. The van der Waals surface area contributed by atoms with Gasteiger partial charge in [0.25, 0.3) is 0 Å². The van der Waals surface area contributed by atoms with Crippen LogP contribution in [0.2, 0.25) is 0 Å². The van der Waals surface area contributed by atoms with Gasteiger partial charge in [-0.15, -0.1) is 0 Å². The van der Waals surface area contributed by atoms with Crippen molar-refractivity contribution in [2.24, 2.45) is 0 Å². The lowest BCUT2D eigenvalue weighted by atomic mass is 10.1. The second kappa shape index (κ2) is 8.52. The maximum atomic E-state index is 12.1. The van der Waals surface area contributed by atoms with Gasteiger partial charge >= 0.3 is 0 Å². The molecule has 5 heteroatoms. The number of anilines is 2. The summed E-state index contributed by atoms with van der Waals surface area (Å²) < 4.78 is 0. The summed E-state index contributed by atoms with van der Waals surface area (Å²) in [6, 6.07) is 9.99. The number of hydrogen-bond donors (Lipinski definition) is 3. The van der Waals surface area contributed by atoms with Crippen molar-refractivity contribution in [2.75, 3.05) is 23.7 Å². The van der Waals surface area contributed by atoms with E-state index in [0.29, 0.717) is 0 Å². The van der Waals surface area contributed by atoms with Crippen molar-refractivity contribution < 1.29 is 9.59 Å². The van der Waals surface area contributed by atoms with Crippen LogP contribution >= 0.6 is 0 Å². The van der Waals surface area contributed by atoms with Crippen LogP contribution in [0.25, 0.3) is 0 Å². The lowest BCUT2D eigenvalue weighted by molar-refractivity contribution is -0.122. The van der Waals surface area contributed by atoms with Gasteiger partial charge in [-0.2, -0.15) is 0 Å². The number of carbonyl (C=O) groups excluding carboxylic acids is 2. The Balaban J connectivity index is 1.81. The van der Waals surface area contributed by atoms with Crippen molar-refractivity contribution in [1.82, 2.24) is 5.32 Å². The van der Waals surface area contributed by atoms with Gasteiger partial charge in [0.1, 0.15) is 0 Å². The van der Waals surface area contributed by atoms with Crippen molar-refractivity contribution >= 4 is 23.2 Å². The highest BCUT2D eigenvalue weighted by atomic mass is 16.2. The number of amides is 2. The maximum absolute atomic E-state index is 12.1. The van der Waals surface area contributed by atoms with Gasteiger partial charge in [0, 0.05) is 11.4 Å². The molecule has 2 rings (SSSR count). The number of benzene rings is 2. The molecular weight excluding hydrogens is 326 g/mol. The van der Waals surface area contributed by atoms with E-state index >= 15 is 0 Å². The van der Waals surface area contributed by atoms with E-state index in [9.17, 15) is 9.59 Å². The summed E-state index contributed by atoms with van der Waals surface area (Å²) in [5.41, 5.74) is 7.25. The highest BCUT2D eigenvalue weighted by molar-refractivity contribution is 5.96. The first-order chi connectivity index (χ1) is 12.3. The number of nitrogens with one attached hydrogen (secondary N) is 3. The number of aryl methyl sites for hydroxylation is 5. The molecule has 0 aliphatic rings. The van der Waals surface area contributed by atoms with Crippen LogP contribution in [0.1, 0.15) is 27.8 Å². The van der Waals surface area contributed by atoms with Gasteiger partial charge in [-0.25, -0.2) is 0 Å². The third kappa shape index (κ3) is 5.34. The van der Waals surface area contributed by atoms with E-state index in [0.717, 1.165) is 28.1 Å². The molecule has 3 N–H and O–H groups in total. The number of hydrogen-bond acceptors (Lipinski definition) is 3. The fourth-order valence-corrected chi connectivity index (χ4v) is 2.84. The molecular formula is C21H27N3O2. The third-order valence-electron chi connectivity index (χ3n) is 4.35. The summed E-state index contributed by atoms with van der Waals surface area (Å²) in [7, 11) is 0. The van der Waals surface area contributed by atoms with Crippen molar-refractivity contribution in [3.8, 4) is 0 Å². The van der Waals surface area contributed by atoms with Gasteiger partial charge in [0.15, 0.2) is 0 Å². The minimum atomic E-state index is -0.236. The molecule has 0 saturated carbocycles. The molecule has 26 heavy (non-hydrogen) atoms. The molecule has 5 nitrogen and oxygen atoms in total. The van der Waals surface area contributed by atoms with Gasteiger partial charge in [-0.1, -0.05) is 23.8 Å². The van der Waals surface area contributed by atoms with Crippen LogP contribution in [0, 0.1) is 34.6 Å². The zero-order valence-electron chi connectivity index (χ0n) is 16.1. The zero-order chi connectivity index (χ0) is 19.3. The van der Waals surface area contributed by atoms with Crippen LogP contribution in [-0.4, -0.2) is 24.9 Å². The topological polar surface area (TPSA) is 70.2 Å². The van der Waals surface area contributed by atoms with Crippen molar-refractivity contribution in [1.29, 1.82) is 0 Å². The standard InChI is InChI=1S/C21H27N3O2/c1-13-8-16(4)21(17(5)9-13)24-20(26)12-23-19(25)11-22-18-7-6-14(2)15(3)10-18/h6-10,22H,11-12H2,1-5H3,(H,23,25)(H,24,26). The molecule has 2 aromatic carbocycles. The molecule has 2 aromatic rings. The van der Waals surface area contributed by atoms with E-state index in [-0.39, 0.29) is 24.9 Å². The molecule has 0 saturated heterocycles. The van der Waals surface area contributed by atoms with Gasteiger partial charge in [-0.3, -0.25) is 9.59 Å². The van der Waals surface area contributed by atoms with Gasteiger partial charge in [-0.05, 0) is 69.0 Å². The van der Waals surface area contributed by atoms with Crippen LogP contribution in [-0.2, 0) is 9.59 Å². The molecule has 0 fully saturated rings. The Bertz CT molecular complexity index is 805. The van der Waals surface area contributed by atoms with E-state index in [1.54, 1.807) is 0 Å². The molecule has 2 amide bonds. The lowest BCUT2D eigenvalue weighted by Gasteiger charge is -2.13. The highest BCUT2D eigenvalue weighted by Gasteiger charge is 2.10. The Kier molecular flexibility index (Phi) is 6.39. The van der Waals surface area contributed by atoms with E-state index in [2.05, 4.69) is 16.0 Å². The quantitative estimate of drug-likeness (QED) is 0.745. The zero-order valence-corrected chi connectivity index (χ0v) is 16.1. The Labute approximate surface area is 155 Å². The first-order valence-electron chi connectivity index (χ1n) is 8.72. The summed E-state index contributed by atoms with van der Waals surface area (Å²) in [6.07, 6.45) is 0. The monoisotopic (exact) mass is 353 g/mol. The molecule has 138 valence electrons. The molecule has 0 radical (unpaired) electrons. The Morgan fingerprint density at radius 1 is 0.769 bits per heavy atom. The fourth-order valence-electron chi connectivity index (χ4n) is 2.84. The van der Waals surface area contributed by atoms with Gasteiger partial charge < -0.3 is 16.0 Å². The fraction of sp³-hybridized carbons (Fsp3) is 0.333. The molecule has 0 bridgehead atoms. The van der Waals surface area contributed by atoms with Crippen LogP contribution in [0.5, 0.6) is 0 Å². The number of rotatable bonds is 6. The summed E-state index contributed by atoms with van der Waals surface area (Å²) in [5.74, 6) is -0.463. The Morgan fingerprint density at radius 3 is 2.04 bits per heavy atom. The summed E-state index contributed by atoms with van der Waals surface area (Å²) in [5, 5.41) is 8.58. The second-order valence-electron chi connectivity index (χ2n) is 6.75. The average Bonchev–Trinajstić information content (AvgIpc) is 2.57. The minimum Gasteiger partial charge on any atom is -0.376 e. The van der Waals surface area contributed by atoms with Crippen molar-refractivity contribution in [2.45, 2.75) is 34.6 Å². The van der Waals surface area contributed by atoms with E-state index < -0.39 is 0 Å². The van der Waals surface area contributed by atoms with E-state index in [4.69, 9.17) is 0 Å². The average molecular weight is 353 g/mol. The maximum Gasteiger partial charge on any atom is 0.243 e. The largest absolute Gasteiger partial charge is 0.376 e. The Hall–Kier alpha value is -2.82. The molecule has 0 heterocycles. The summed E-state index contributed by atoms with van der Waals surface area (Å²) >= 11 is 0. The summed E-state index contributed by atoms with van der Waals surface area (Å²) in [4.78, 5) is 24.1. The first kappa shape index (κ1) is 19.5. The van der Waals surface area contributed by atoms with Gasteiger partial charge in [0.2, 0.25) is 11.8 Å². The third-order valence-corrected chi connectivity index (χ3v) is 4.35. The van der Waals surface area contributed by atoms with E-state index in [1.165, 1.54) is 11.1 Å². The molecule has 0 aliphatic carbocycles. The predicted octanol–water partition coefficient (Wildman–Crippen LogP) is 3.40. The molecule has 0 atom stereocenters. The first-order valence-corrected chi connectivity index (χ1v) is 8.72. The van der Waals surface area contributed by atoms with Gasteiger partial charge in [0.05, 0.1) is 13.1 Å². The predicted molar refractivity (Wildman–Crippen MR) is 107 cm³/mol. The SMILES string of the molecule is Cc1cc(C)c(NC(=O)CNC(=O)CNc2ccc(C)c(C)c2)c(C)c1. The normalized spacial score (nSPS) is 10.3. The Morgan fingerprint density at radius 2 is 1.42 bits per heavy atom. The smallest absolute Gasteiger partial charge is 0.243 e. The summed E-state index contributed by atoms with van der Waals surface area (Å²) in [6.45, 7) is 10.1. The van der Waals surface area contributed by atoms with Crippen LogP contribution in [0.3, 0.4) is 0 Å². The van der Waals surface area contributed by atoms with Crippen molar-refractivity contribution in [3.05, 3.63) is 58.1 Å². The van der Waals surface area contributed by atoms with Crippen LogP contribution in [0.15, 0.2) is 30.3 Å². The molecule has 0 aromatic heterocycles. The lowest BCUT2D eigenvalue weighted by Crippen LogP contribution is -2.36. The minimum absolute atomic E-state index is 0.0554. The molecule has 0 aliphatic heterocycles. The molecule has 0 unspecified atom stereocenters. The van der Waals surface area contributed by atoms with Crippen LogP contribution in [0.4, 0.5) is 11.4 Å². The highest BCUT2D eigenvalue weighted by Crippen LogP contribution is 2.21. The van der Waals surface area contributed by atoms with E-state index in [1.807, 2.05) is 65.0 Å². The van der Waals surface area contributed by atoms with Crippen molar-refractivity contribution in [3.63, 3.8) is 0 Å². The van der Waals surface area contributed by atoms with Crippen LogP contribution < -0.4 is 16.0 Å².